The third-order valence-corrected chi connectivity index (χ3v) is 3.80. The van der Waals surface area contributed by atoms with Crippen LogP contribution in [0.15, 0.2) is 36.7 Å². The first kappa shape index (κ1) is 12.1. The molecule has 0 bridgehead atoms. The summed E-state index contributed by atoms with van der Waals surface area (Å²) in [7, 11) is 0. The Morgan fingerprint density at radius 2 is 2.06 bits per heavy atom. The topological polar surface area (TPSA) is 38.9 Å². The van der Waals surface area contributed by atoms with Gasteiger partial charge in [0.25, 0.3) is 0 Å². The van der Waals surface area contributed by atoms with Gasteiger partial charge in [-0.25, -0.2) is 0 Å². The first-order valence-electron chi connectivity index (χ1n) is 6.21. The van der Waals surface area contributed by atoms with E-state index in [0.29, 0.717) is 5.92 Å². The Hall–Kier alpha value is -1.41. The highest BCUT2D eigenvalue weighted by atomic mass is 14.8. The molecule has 2 aromatic rings. The summed E-state index contributed by atoms with van der Waals surface area (Å²) in [5.41, 5.74) is 7.53. The molecule has 17 heavy (non-hydrogen) atoms. The normalized spacial score (nSPS) is 15.1. The van der Waals surface area contributed by atoms with Gasteiger partial charge >= 0.3 is 0 Å². The van der Waals surface area contributed by atoms with Crippen LogP contribution in [0, 0.1) is 5.92 Å². The van der Waals surface area contributed by atoms with E-state index in [1.165, 1.54) is 16.3 Å². The van der Waals surface area contributed by atoms with Crippen molar-refractivity contribution in [1.29, 1.82) is 0 Å². The van der Waals surface area contributed by atoms with E-state index in [9.17, 15) is 0 Å². The van der Waals surface area contributed by atoms with Crippen LogP contribution in [0.25, 0.3) is 10.8 Å². The standard InChI is InChI=1S/C15H20N2/c1-4-15(16,11(2)3)14-7-5-6-12-8-9-17-10-13(12)14/h5-11H,4,16H2,1-3H3. The number of rotatable bonds is 3. The van der Waals surface area contributed by atoms with E-state index >= 15 is 0 Å². The summed E-state index contributed by atoms with van der Waals surface area (Å²) >= 11 is 0. The maximum atomic E-state index is 6.60. The zero-order valence-electron chi connectivity index (χ0n) is 10.8. The second kappa shape index (κ2) is 4.46. The molecule has 90 valence electrons. The van der Waals surface area contributed by atoms with Crippen LogP contribution < -0.4 is 5.73 Å². The second-order valence-corrected chi connectivity index (χ2v) is 4.95. The molecular formula is C15H20N2. The number of hydrogen-bond acceptors (Lipinski definition) is 2. The summed E-state index contributed by atoms with van der Waals surface area (Å²) < 4.78 is 0. The van der Waals surface area contributed by atoms with E-state index in [0.717, 1.165) is 6.42 Å². The molecule has 0 radical (unpaired) electrons. The summed E-state index contributed by atoms with van der Waals surface area (Å²) in [6, 6.07) is 8.36. The minimum absolute atomic E-state index is 0.275. The fourth-order valence-electron chi connectivity index (χ4n) is 2.43. The van der Waals surface area contributed by atoms with Gasteiger partial charge in [-0.3, -0.25) is 4.98 Å². The van der Waals surface area contributed by atoms with Gasteiger partial charge in [0.1, 0.15) is 0 Å². The maximum absolute atomic E-state index is 6.60. The van der Waals surface area contributed by atoms with Crippen LogP contribution in [-0.4, -0.2) is 4.98 Å². The smallest absolute Gasteiger partial charge is 0.0437 e. The van der Waals surface area contributed by atoms with Crippen LogP contribution in [0.3, 0.4) is 0 Å². The Labute approximate surface area is 103 Å². The van der Waals surface area contributed by atoms with Gasteiger partial charge in [-0.15, -0.1) is 0 Å². The lowest BCUT2D eigenvalue weighted by Gasteiger charge is -2.34. The quantitative estimate of drug-likeness (QED) is 0.873. The SMILES string of the molecule is CCC(N)(c1cccc2ccncc12)C(C)C. The van der Waals surface area contributed by atoms with Gasteiger partial charge in [-0.1, -0.05) is 39.0 Å². The molecule has 1 aromatic carbocycles. The number of fused-ring (bicyclic) bond motifs is 1. The van der Waals surface area contributed by atoms with Crippen LogP contribution in [0.1, 0.15) is 32.8 Å². The van der Waals surface area contributed by atoms with Gasteiger partial charge in [-0.2, -0.15) is 0 Å². The lowest BCUT2D eigenvalue weighted by molar-refractivity contribution is 0.308. The van der Waals surface area contributed by atoms with E-state index in [1.54, 1.807) is 0 Å². The van der Waals surface area contributed by atoms with Crippen molar-refractivity contribution < 1.29 is 0 Å². The molecule has 0 aliphatic rings. The van der Waals surface area contributed by atoms with E-state index in [4.69, 9.17) is 5.73 Å². The molecule has 0 aliphatic carbocycles. The average Bonchev–Trinajstić information content (AvgIpc) is 2.37. The summed E-state index contributed by atoms with van der Waals surface area (Å²) in [6.45, 7) is 6.51. The van der Waals surface area contributed by atoms with Crippen molar-refractivity contribution >= 4 is 10.8 Å². The zero-order valence-corrected chi connectivity index (χ0v) is 10.8. The van der Waals surface area contributed by atoms with Crippen LogP contribution >= 0.6 is 0 Å². The Balaban J connectivity index is 2.70. The van der Waals surface area contributed by atoms with Gasteiger partial charge < -0.3 is 5.73 Å². The number of hydrogen-bond donors (Lipinski definition) is 1. The van der Waals surface area contributed by atoms with Gasteiger partial charge in [0, 0.05) is 23.3 Å². The summed E-state index contributed by atoms with van der Waals surface area (Å²) in [6.07, 6.45) is 4.68. The minimum Gasteiger partial charge on any atom is -0.321 e. The summed E-state index contributed by atoms with van der Waals surface area (Å²) in [4.78, 5) is 4.23. The number of pyridine rings is 1. The molecular weight excluding hydrogens is 208 g/mol. The van der Waals surface area contributed by atoms with E-state index in [1.807, 2.05) is 18.5 Å². The molecule has 0 fully saturated rings. The van der Waals surface area contributed by atoms with Crippen molar-refractivity contribution in [2.75, 3.05) is 0 Å². The van der Waals surface area contributed by atoms with Gasteiger partial charge in [0.05, 0.1) is 0 Å². The first-order chi connectivity index (χ1) is 8.09. The van der Waals surface area contributed by atoms with Crippen molar-refractivity contribution in [1.82, 2.24) is 4.98 Å². The molecule has 2 nitrogen and oxygen atoms in total. The molecule has 2 rings (SSSR count). The Bertz CT molecular complexity index is 514. The van der Waals surface area contributed by atoms with E-state index in [2.05, 4.69) is 44.0 Å². The molecule has 0 spiro atoms. The summed E-state index contributed by atoms with van der Waals surface area (Å²) in [5.74, 6) is 0.401. The zero-order chi connectivity index (χ0) is 12.5. The van der Waals surface area contributed by atoms with Crippen LogP contribution in [-0.2, 0) is 5.54 Å². The molecule has 1 unspecified atom stereocenters. The van der Waals surface area contributed by atoms with Gasteiger partial charge in [0.2, 0.25) is 0 Å². The van der Waals surface area contributed by atoms with Gasteiger partial charge in [-0.05, 0) is 29.4 Å². The first-order valence-corrected chi connectivity index (χ1v) is 6.21. The molecule has 0 saturated heterocycles. The van der Waals surface area contributed by atoms with Crippen molar-refractivity contribution in [3.8, 4) is 0 Å². The lowest BCUT2D eigenvalue weighted by atomic mass is 9.77. The monoisotopic (exact) mass is 228 g/mol. The highest BCUT2D eigenvalue weighted by Gasteiger charge is 2.30. The fraction of sp³-hybridized carbons (Fsp3) is 0.400. The van der Waals surface area contributed by atoms with E-state index in [-0.39, 0.29) is 5.54 Å². The van der Waals surface area contributed by atoms with Crippen molar-refractivity contribution in [2.24, 2.45) is 11.7 Å². The highest BCUT2D eigenvalue weighted by Crippen LogP contribution is 2.34. The van der Waals surface area contributed by atoms with E-state index < -0.39 is 0 Å². The molecule has 1 atom stereocenters. The van der Waals surface area contributed by atoms with Crippen LogP contribution in [0.4, 0.5) is 0 Å². The van der Waals surface area contributed by atoms with Crippen molar-refractivity contribution in [3.63, 3.8) is 0 Å². The molecule has 2 heteroatoms. The third-order valence-electron chi connectivity index (χ3n) is 3.80. The average molecular weight is 228 g/mol. The predicted molar refractivity (Wildman–Crippen MR) is 72.7 cm³/mol. The molecule has 2 N–H and O–H groups in total. The van der Waals surface area contributed by atoms with Crippen molar-refractivity contribution in [2.45, 2.75) is 32.7 Å². The molecule has 1 aromatic heterocycles. The molecule has 0 amide bonds. The van der Waals surface area contributed by atoms with Crippen molar-refractivity contribution in [3.05, 3.63) is 42.2 Å². The largest absolute Gasteiger partial charge is 0.321 e. The maximum Gasteiger partial charge on any atom is 0.0437 e. The van der Waals surface area contributed by atoms with Gasteiger partial charge in [0.15, 0.2) is 0 Å². The summed E-state index contributed by atoms with van der Waals surface area (Å²) in [5, 5.41) is 2.38. The number of benzene rings is 1. The fourth-order valence-corrected chi connectivity index (χ4v) is 2.43. The molecule has 0 saturated carbocycles. The Morgan fingerprint density at radius 3 is 2.71 bits per heavy atom. The second-order valence-electron chi connectivity index (χ2n) is 4.95. The Morgan fingerprint density at radius 1 is 1.29 bits per heavy atom. The highest BCUT2D eigenvalue weighted by molar-refractivity contribution is 5.85. The Kier molecular flexibility index (Phi) is 3.16. The number of aromatic nitrogens is 1. The predicted octanol–water partition coefficient (Wildman–Crippen LogP) is 3.45. The lowest BCUT2D eigenvalue weighted by Crippen LogP contribution is -2.41. The third kappa shape index (κ3) is 1.93. The van der Waals surface area contributed by atoms with Crippen LogP contribution in [0.2, 0.25) is 0 Å². The molecule has 1 heterocycles. The molecule has 0 aliphatic heterocycles. The minimum atomic E-state index is -0.275. The number of nitrogens with two attached hydrogens (primary N) is 1. The number of nitrogens with zero attached hydrogens (tertiary/aromatic N) is 1. The van der Waals surface area contributed by atoms with Crippen LogP contribution in [0.5, 0.6) is 0 Å².